The number of sulfone groups is 1. The highest BCUT2D eigenvalue weighted by Crippen LogP contribution is 2.10. The normalized spacial score (nSPS) is 11.0. The van der Waals surface area contributed by atoms with Gasteiger partial charge in [-0.2, -0.15) is 0 Å². The Morgan fingerprint density at radius 2 is 2.04 bits per heavy atom. The molecule has 8 heteroatoms. The number of aromatic nitrogens is 1. The average molecular weight is 337 g/mol. The number of halogens is 1. The first kappa shape index (κ1) is 16.9. The molecule has 23 heavy (non-hydrogen) atoms. The summed E-state index contributed by atoms with van der Waals surface area (Å²) in [6.45, 7) is 0.337. The highest BCUT2D eigenvalue weighted by Gasteiger charge is 2.09. The van der Waals surface area contributed by atoms with Crippen molar-refractivity contribution >= 4 is 21.6 Å². The molecule has 0 bridgehead atoms. The zero-order valence-corrected chi connectivity index (χ0v) is 13.2. The van der Waals surface area contributed by atoms with Crippen LogP contribution in [0, 0.1) is 5.82 Å². The van der Waals surface area contributed by atoms with Crippen LogP contribution in [0.3, 0.4) is 0 Å². The second kappa shape index (κ2) is 7.19. The van der Waals surface area contributed by atoms with Crippen molar-refractivity contribution in [1.82, 2.24) is 10.3 Å². The fourth-order valence-corrected chi connectivity index (χ4v) is 2.42. The number of hydrogen-bond acceptors (Lipinski definition) is 4. The van der Waals surface area contributed by atoms with Crippen molar-refractivity contribution in [2.45, 2.75) is 11.4 Å². The maximum atomic E-state index is 13.0. The zero-order valence-electron chi connectivity index (χ0n) is 12.4. The van der Waals surface area contributed by atoms with E-state index in [9.17, 15) is 17.6 Å². The Labute approximate surface area is 133 Å². The molecule has 1 aromatic carbocycles. The quantitative estimate of drug-likeness (QED) is 0.873. The minimum Gasteiger partial charge on any atom is -0.338 e. The second-order valence-corrected chi connectivity index (χ2v) is 6.88. The monoisotopic (exact) mass is 337 g/mol. The summed E-state index contributed by atoms with van der Waals surface area (Å²) < 4.78 is 35.6. The predicted molar refractivity (Wildman–Crippen MR) is 84.5 cm³/mol. The molecule has 1 aromatic heterocycles. The van der Waals surface area contributed by atoms with Crippen LogP contribution in [-0.4, -0.2) is 32.2 Å². The van der Waals surface area contributed by atoms with Crippen LogP contribution in [0.2, 0.25) is 0 Å². The Bertz CT molecular complexity index is 792. The molecule has 0 saturated heterocycles. The Balaban J connectivity index is 1.83. The first-order chi connectivity index (χ1) is 10.8. The van der Waals surface area contributed by atoms with Crippen molar-refractivity contribution in [3.63, 3.8) is 0 Å². The van der Waals surface area contributed by atoms with Crippen LogP contribution < -0.4 is 10.6 Å². The third-order valence-corrected chi connectivity index (χ3v) is 3.96. The molecule has 122 valence electrons. The third-order valence-electron chi connectivity index (χ3n) is 2.96. The van der Waals surface area contributed by atoms with Gasteiger partial charge in [0.05, 0.1) is 11.9 Å². The van der Waals surface area contributed by atoms with Crippen molar-refractivity contribution in [2.24, 2.45) is 0 Å². The lowest BCUT2D eigenvalue weighted by atomic mass is 10.1. The van der Waals surface area contributed by atoms with E-state index in [0.717, 1.165) is 11.8 Å². The zero-order chi connectivity index (χ0) is 16.9. The minimum absolute atomic E-state index is 0.0606. The molecule has 0 aliphatic carbocycles. The van der Waals surface area contributed by atoms with Gasteiger partial charge in [0.25, 0.3) is 0 Å². The number of urea groups is 1. The summed E-state index contributed by atoms with van der Waals surface area (Å²) in [4.78, 5) is 15.5. The van der Waals surface area contributed by atoms with Crippen LogP contribution >= 0.6 is 0 Å². The number of pyridine rings is 1. The summed E-state index contributed by atoms with van der Waals surface area (Å²) in [6.07, 6.45) is 2.82. The molecular weight excluding hydrogens is 321 g/mol. The lowest BCUT2D eigenvalue weighted by Gasteiger charge is -2.08. The van der Waals surface area contributed by atoms with E-state index in [1.54, 1.807) is 12.1 Å². The van der Waals surface area contributed by atoms with Gasteiger partial charge in [0, 0.05) is 12.8 Å². The van der Waals surface area contributed by atoms with Gasteiger partial charge in [0.1, 0.15) is 5.82 Å². The Morgan fingerprint density at radius 1 is 1.26 bits per heavy atom. The number of carbonyl (C=O) groups excluding carboxylic acids is 1. The van der Waals surface area contributed by atoms with Gasteiger partial charge in [-0.3, -0.25) is 0 Å². The van der Waals surface area contributed by atoms with Crippen LogP contribution in [0.25, 0.3) is 0 Å². The van der Waals surface area contributed by atoms with Gasteiger partial charge in [0.2, 0.25) is 0 Å². The number of benzene rings is 1. The first-order valence-electron chi connectivity index (χ1n) is 6.80. The summed E-state index contributed by atoms with van der Waals surface area (Å²) in [6, 6.07) is 8.48. The van der Waals surface area contributed by atoms with Gasteiger partial charge >= 0.3 is 6.03 Å². The summed E-state index contributed by atoms with van der Waals surface area (Å²) in [7, 11) is -3.37. The molecular formula is C15H16FN3O3S. The fourth-order valence-electron chi connectivity index (χ4n) is 1.86. The van der Waals surface area contributed by atoms with E-state index >= 15 is 0 Å². The number of nitrogens with zero attached hydrogens (tertiary/aromatic N) is 1. The van der Waals surface area contributed by atoms with Crippen molar-refractivity contribution in [3.05, 3.63) is 54.0 Å². The molecule has 0 aliphatic heterocycles. The maximum absolute atomic E-state index is 13.0. The molecule has 2 N–H and O–H groups in total. The molecule has 2 rings (SSSR count). The first-order valence-corrected chi connectivity index (χ1v) is 8.69. The lowest BCUT2D eigenvalue weighted by Crippen LogP contribution is -2.30. The second-order valence-electron chi connectivity index (χ2n) is 4.92. The number of carbonyl (C=O) groups is 1. The van der Waals surface area contributed by atoms with Crippen molar-refractivity contribution in [2.75, 3.05) is 18.1 Å². The van der Waals surface area contributed by atoms with E-state index in [0.29, 0.717) is 18.7 Å². The molecule has 0 saturated carbocycles. The van der Waals surface area contributed by atoms with Crippen LogP contribution in [0.15, 0.2) is 47.6 Å². The molecule has 0 radical (unpaired) electrons. The van der Waals surface area contributed by atoms with Crippen molar-refractivity contribution in [1.29, 1.82) is 0 Å². The molecule has 0 fully saturated rings. The maximum Gasteiger partial charge on any atom is 0.319 e. The Morgan fingerprint density at radius 3 is 2.65 bits per heavy atom. The molecule has 0 unspecified atom stereocenters. The number of anilines is 1. The molecule has 0 spiro atoms. The summed E-state index contributed by atoms with van der Waals surface area (Å²) in [5.74, 6) is -0.316. The number of amides is 2. The van der Waals surface area contributed by atoms with Gasteiger partial charge in [-0.25, -0.2) is 22.6 Å². The van der Waals surface area contributed by atoms with Crippen LogP contribution in [0.4, 0.5) is 14.9 Å². The molecule has 2 amide bonds. The standard InChI is InChI=1S/C15H16FN3O3S/c1-23(21,22)14-6-5-13(10-18-14)19-15(20)17-8-7-11-3-2-4-12(16)9-11/h2-6,9-10H,7-8H2,1H3,(H2,17,19,20). The average Bonchev–Trinajstić information content (AvgIpc) is 2.47. The highest BCUT2D eigenvalue weighted by atomic mass is 32.2. The third kappa shape index (κ3) is 5.33. The van der Waals surface area contributed by atoms with Gasteiger partial charge in [-0.15, -0.1) is 0 Å². The van der Waals surface area contributed by atoms with E-state index in [1.807, 2.05) is 0 Å². The van der Waals surface area contributed by atoms with Crippen molar-refractivity contribution in [3.8, 4) is 0 Å². The smallest absolute Gasteiger partial charge is 0.319 e. The highest BCUT2D eigenvalue weighted by molar-refractivity contribution is 7.90. The largest absolute Gasteiger partial charge is 0.338 e. The fraction of sp³-hybridized carbons (Fsp3) is 0.200. The van der Waals surface area contributed by atoms with Gasteiger partial charge in [0.15, 0.2) is 14.9 Å². The molecule has 6 nitrogen and oxygen atoms in total. The summed E-state index contributed by atoms with van der Waals surface area (Å²) in [5, 5.41) is 5.10. The lowest BCUT2D eigenvalue weighted by molar-refractivity contribution is 0.252. The molecule has 2 aromatic rings. The van der Waals surface area contributed by atoms with Gasteiger partial charge < -0.3 is 10.6 Å². The predicted octanol–water partition coefficient (Wildman–Crippen LogP) is 1.99. The molecule has 1 heterocycles. The van der Waals surface area contributed by atoms with E-state index in [-0.39, 0.29) is 10.8 Å². The van der Waals surface area contributed by atoms with Crippen LogP contribution in [0.5, 0.6) is 0 Å². The Kier molecular flexibility index (Phi) is 5.28. The van der Waals surface area contributed by atoms with Crippen LogP contribution in [0.1, 0.15) is 5.56 Å². The van der Waals surface area contributed by atoms with E-state index in [4.69, 9.17) is 0 Å². The van der Waals surface area contributed by atoms with E-state index < -0.39 is 15.9 Å². The number of hydrogen-bond donors (Lipinski definition) is 2. The van der Waals surface area contributed by atoms with Crippen LogP contribution in [-0.2, 0) is 16.3 Å². The SMILES string of the molecule is CS(=O)(=O)c1ccc(NC(=O)NCCc2cccc(F)c2)cn1. The van der Waals surface area contributed by atoms with E-state index in [1.165, 1.54) is 30.5 Å². The Hall–Kier alpha value is -2.48. The van der Waals surface area contributed by atoms with Gasteiger partial charge in [-0.05, 0) is 36.2 Å². The summed E-state index contributed by atoms with van der Waals surface area (Å²) >= 11 is 0. The molecule has 0 aliphatic rings. The number of rotatable bonds is 5. The minimum atomic E-state index is -3.37. The number of nitrogens with one attached hydrogen (secondary N) is 2. The summed E-state index contributed by atoms with van der Waals surface area (Å²) in [5.41, 5.74) is 1.16. The van der Waals surface area contributed by atoms with E-state index in [2.05, 4.69) is 15.6 Å². The van der Waals surface area contributed by atoms with Gasteiger partial charge in [-0.1, -0.05) is 12.1 Å². The van der Waals surface area contributed by atoms with Crippen molar-refractivity contribution < 1.29 is 17.6 Å². The topological polar surface area (TPSA) is 88.2 Å². The molecule has 0 atom stereocenters.